The number of benzene rings is 1. The summed E-state index contributed by atoms with van der Waals surface area (Å²) in [6, 6.07) is 8.34. The third-order valence-corrected chi connectivity index (χ3v) is 6.01. The zero-order valence-corrected chi connectivity index (χ0v) is 13.6. The number of rotatable bonds is 3. The molecule has 0 aliphatic carbocycles. The summed E-state index contributed by atoms with van der Waals surface area (Å²) in [4.78, 5) is 16.1. The molecule has 2 aromatic rings. The van der Waals surface area contributed by atoms with Crippen LogP contribution in [0.3, 0.4) is 0 Å². The molecule has 1 fully saturated rings. The smallest absolute Gasteiger partial charge is 0.236 e. The van der Waals surface area contributed by atoms with E-state index >= 15 is 0 Å². The van der Waals surface area contributed by atoms with Gasteiger partial charge in [0.25, 0.3) is 0 Å². The molecule has 1 saturated heterocycles. The van der Waals surface area contributed by atoms with Crippen LogP contribution in [0.25, 0.3) is 0 Å². The zero-order chi connectivity index (χ0) is 15.6. The molecule has 120 valence electrons. The van der Waals surface area contributed by atoms with Gasteiger partial charge in [0.15, 0.2) is 5.82 Å². The number of tetrazole rings is 1. The number of hydrogen-bond donors (Lipinski definition) is 1. The molecule has 1 atom stereocenters. The van der Waals surface area contributed by atoms with Gasteiger partial charge in [0, 0.05) is 24.4 Å². The van der Waals surface area contributed by atoms with Crippen LogP contribution < -0.4 is 0 Å². The Balaban J connectivity index is 1.31. The van der Waals surface area contributed by atoms with Gasteiger partial charge in [-0.25, -0.2) is 0 Å². The minimum Gasteiger partial charge on any atom is -0.342 e. The minimum atomic E-state index is 0.0566. The molecule has 2 aliphatic heterocycles. The number of aromatic amines is 1. The van der Waals surface area contributed by atoms with Crippen LogP contribution in [0.2, 0.25) is 0 Å². The second-order valence-electron chi connectivity index (χ2n) is 6.22. The summed E-state index contributed by atoms with van der Waals surface area (Å²) in [5.74, 6) is 1.62. The second-order valence-corrected chi connectivity index (χ2v) is 7.46. The summed E-state index contributed by atoms with van der Waals surface area (Å²) in [5, 5.41) is 14.2. The van der Waals surface area contributed by atoms with Gasteiger partial charge in [-0.15, -0.1) is 22.0 Å². The normalized spacial score (nSPS) is 21.4. The number of thioether (sulfide) groups is 1. The Bertz CT molecular complexity index is 657. The standard InChI is InChI=1S/C16H19N5OS/c22-16(14-10-12-3-1-2-4-13(12)23-14)21-7-5-11(6-8-21)9-15-17-19-20-18-15/h1-4,11,14H,5-10H2,(H,17,18,19,20). The van der Waals surface area contributed by atoms with Gasteiger partial charge < -0.3 is 4.90 Å². The highest BCUT2D eigenvalue weighted by Crippen LogP contribution is 2.38. The van der Waals surface area contributed by atoms with Crippen molar-refractivity contribution in [1.82, 2.24) is 25.5 Å². The van der Waals surface area contributed by atoms with Crippen LogP contribution >= 0.6 is 11.8 Å². The lowest BCUT2D eigenvalue weighted by atomic mass is 9.93. The lowest BCUT2D eigenvalue weighted by Gasteiger charge is -2.33. The van der Waals surface area contributed by atoms with Gasteiger partial charge in [0.1, 0.15) is 0 Å². The summed E-state index contributed by atoms with van der Waals surface area (Å²) in [6.45, 7) is 1.68. The summed E-state index contributed by atoms with van der Waals surface area (Å²) >= 11 is 1.72. The fraction of sp³-hybridized carbons (Fsp3) is 0.500. The number of aromatic nitrogens is 4. The lowest BCUT2D eigenvalue weighted by Crippen LogP contribution is -2.43. The van der Waals surface area contributed by atoms with Gasteiger partial charge in [-0.2, -0.15) is 5.21 Å². The van der Waals surface area contributed by atoms with Crippen LogP contribution in [0.15, 0.2) is 29.2 Å². The van der Waals surface area contributed by atoms with E-state index in [4.69, 9.17) is 0 Å². The predicted molar refractivity (Wildman–Crippen MR) is 87.0 cm³/mol. The average Bonchev–Trinajstić information content (AvgIpc) is 3.24. The van der Waals surface area contributed by atoms with Gasteiger partial charge in [0.2, 0.25) is 5.91 Å². The quantitative estimate of drug-likeness (QED) is 0.927. The molecule has 1 unspecified atom stereocenters. The molecule has 0 spiro atoms. The number of carbonyl (C=O) groups excluding carboxylic acids is 1. The zero-order valence-electron chi connectivity index (χ0n) is 12.8. The van der Waals surface area contributed by atoms with Gasteiger partial charge in [0.05, 0.1) is 5.25 Å². The molecule has 7 heteroatoms. The van der Waals surface area contributed by atoms with Crippen molar-refractivity contribution in [2.24, 2.45) is 5.92 Å². The molecule has 6 nitrogen and oxygen atoms in total. The maximum atomic E-state index is 12.8. The highest BCUT2D eigenvalue weighted by molar-refractivity contribution is 8.01. The summed E-state index contributed by atoms with van der Waals surface area (Å²) in [5.41, 5.74) is 1.31. The SMILES string of the molecule is O=C(C1Cc2ccccc2S1)N1CCC(Cc2nn[nH]n2)CC1. The maximum Gasteiger partial charge on any atom is 0.236 e. The Kier molecular flexibility index (Phi) is 4.03. The van der Waals surface area contributed by atoms with Crippen LogP contribution in [-0.2, 0) is 17.6 Å². The van der Waals surface area contributed by atoms with Crippen molar-refractivity contribution in [3.8, 4) is 0 Å². The summed E-state index contributed by atoms with van der Waals surface area (Å²) < 4.78 is 0. The minimum absolute atomic E-state index is 0.0566. The molecule has 1 aromatic carbocycles. The number of hydrogen-bond acceptors (Lipinski definition) is 5. The number of piperidine rings is 1. The van der Waals surface area contributed by atoms with Crippen LogP contribution in [0.4, 0.5) is 0 Å². The van der Waals surface area contributed by atoms with E-state index in [0.29, 0.717) is 11.8 Å². The van der Waals surface area contributed by atoms with E-state index in [1.165, 1.54) is 10.5 Å². The van der Waals surface area contributed by atoms with Gasteiger partial charge >= 0.3 is 0 Å². The Labute approximate surface area is 139 Å². The molecule has 1 N–H and O–H groups in total. The number of nitrogens with zero attached hydrogens (tertiary/aromatic N) is 4. The first kappa shape index (κ1) is 14.7. The van der Waals surface area contributed by atoms with E-state index in [0.717, 1.165) is 44.6 Å². The van der Waals surface area contributed by atoms with E-state index in [1.807, 2.05) is 11.0 Å². The third-order valence-electron chi connectivity index (χ3n) is 4.71. The highest BCUT2D eigenvalue weighted by atomic mass is 32.2. The Morgan fingerprint density at radius 1 is 1.30 bits per heavy atom. The van der Waals surface area contributed by atoms with E-state index < -0.39 is 0 Å². The second kappa shape index (κ2) is 6.31. The Hall–Kier alpha value is -1.89. The van der Waals surface area contributed by atoms with Crippen molar-refractivity contribution in [3.63, 3.8) is 0 Å². The van der Waals surface area contributed by atoms with E-state index in [9.17, 15) is 4.79 Å². The van der Waals surface area contributed by atoms with Crippen molar-refractivity contribution < 1.29 is 4.79 Å². The van der Waals surface area contributed by atoms with E-state index in [2.05, 4.69) is 38.8 Å². The highest BCUT2D eigenvalue weighted by Gasteiger charge is 2.33. The summed E-state index contributed by atoms with van der Waals surface area (Å²) in [6.07, 6.45) is 3.75. The van der Waals surface area contributed by atoms with E-state index in [-0.39, 0.29) is 5.25 Å². The monoisotopic (exact) mass is 329 g/mol. The molecule has 0 bridgehead atoms. The first-order valence-corrected chi connectivity index (χ1v) is 8.93. The largest absolute Gasteiger partial charge is 0.342 e. The van der Waals surface area contributed by atoms with Gasteiger partial charge in [-0.05, 0) is 36.8 Å². The Morgan fingerprint density at radius 3 is 2.87 bits per heavy atom. The van der Waals surface area contributed by atoms with Crippen LogP contribution in [0.1, 0.15) is 24.2 Å². The number of nitrogens with one attached hydrogen (secondary N) is 1. The molecule has 23 heavy (non-hydrogen) atoms. The van der Waals surface area contributed by atoms with E-state index in [1.54, 1.807) is 11.8 Å². The van der Waals surface area contributed by atoms with Crippen molar-refractivity contribution in [1.29, 1.82) is 0 Å². The first-order chi connectivity index (χ1) is 11.3. The predicted octanol–water partition coefficient (Wildman–Crippen LogP) is 1.70. The number of H-pyrrole nitrogens is 1. The third kappa shape index (κ3) is 3.10. The maximum absolute atomic E-state index is 12.8. The molecular weight excluding hydrogens is 310 g/mol. The van der Waals surface area contributed by atoms with Gasteiger partial charge in [-0.3, -0.25) is 4.79 Å². The first-order valence-electron chi connectivity index (χ1n) is 8.05. The fourth-order valence-corrected chi connectivity index (χ4v) is 4.69. The van der Waals surface area contributed by atoms with Crippen molar-refractivity contribution >= 4 is 17.7 Å². The van der Waals surface area contributed by atoms with Crippen LogP contribution in [-0.4, -0.2) is 49.8 Å². The van der Waals surface area contributed by atoms with Crippen molar-refractivity contribution in [3.05, 3.63) is 35.7 Å². The number of carbonyl (C=O) groups is 1. The van der Waals surface area contributed by atoms with Crippen LogP contribution in [0, 0.1) is 5.92 Å². The number of likely N-dealkylation sites (tertiary alicyclic amines) is 1. The van der Waals surface area contributed by atoms with Crippen LogP contribution in [0.5, 0.6) is 0 Å². The number of fused-ring (bicyclic) bond motifs is 1. The molecule has 1 aromatic heterocycles. The van der Waals surface area contributed by atoms with Crippen molar-refractivity contribution in [2.45, 2.75) is 35.8 Å². The topological polar surface area (TPSA) is 74.8 Å². The number of amides is 1. The molecule has 0 saturated carbocycles. The summed E-state index contributed by atoms with van der Waals surface area (Å²) in [7, 11) is 0. The fourth-order valence-electron chi connectivity index (χ4n) is 3.41. The average molecular weight is 329 g/mol. The molecule has 3 heterocycles. The molecule has 0 radical (unpaired) electrons. The molecular formula is C16H19N5OS. The van der Waals surface area contributed by atoms with Gasteiger partial charge in [-0.1, -0.05) is 23.4 Å². The molecule has 4 rings (SSSR count). The molecule has 2 aliphatic rings. The molecule has 1 amide bonds. The Morgan fingerprint density at radius 2 is 2.13 bits per heavy atom. The van der Waals surface area contributed by atoms with Crippen molar-refractivity contribution in [2.75, 3.05) is 13.1 Å². The lowest BCUT2D eigenvalue weighted by molar-refractivity contribution is -0.131.